The average molecular weight is 345 g/mol. The number of H-pyrrole nitrogens is 1. The van der Waals surface area contributed by atoms with Gasteiger partial charge in [-0.25, -0.2) is 4.98 Å². The second kappa shape index (κ2) is 5.45. The number of benzene rings is 1. The molecule has 0 spiro atoms. The van der Waals surface area contributed by atoms with Crippen LogP contribution in [0.25, 0.3) is 22.1 Å². The van der Waals surface area contributed by atoms with Crippen LogP contribution in [-0.4, -0.2) is 30.6 Å². The van der Waals surface area contributed by atoms with Crippen molar-refractivity contribution in [2.75, 3.05) is 5.32 Å². The standard InChI is InChI=1S/C19H15N5O2/c25-15-7-6-14-18(22-16-3-1-2-8-24(14)16)17(15)19(26)21-12-5-4-11-10-20-23-13(11)9-12/h1-5,8-10,25H,6-7H2,(H,20,23)(H,21,26). The molecule has 1 aliphatic carbocycles. The van der Waals surface area contributed by atoms with E-state index in [1.165, 1.54) is 0 Å². The number of hydrogen-bond donors (Lipinski definition) is 3. The topological polar surface area (TPSA) is 95.3 Å². The normalized spacial score (nSPS) is 14.0. The maximum atomic E-state index is 12.9. The van der Waals surface area contributed by atoms with E-state index in [0.29, 0.717) is 24.2 Å². The third-order valence-corrected chi connectivity index (χ3v) is 4.68. The summed E-state index contributed by atoms with van der Waals surface area (Å²) in [5.41, 5.74) is 3.93. The third kappa shape index (κ3) is 2.17. The molecule has 0 saturated heterocycles. The van der Waals surface area contributed by atoms with Crippen LogP contribution in [0, 0.1) is 0 Å². The van der Waals surface area contributed by atoms with Gasteiger partial charge in [-0.05, 0) is 36.8 Å². The maximum absolute atomic E-state index is 12.9. The molecule has 3 heterocycles. The molecule has 0 fully saturated rings. The summed E-state index contributed by atoms with van der Waals surface area (Å²) in [4.78, 5) is 17.4. The molecule has 7 heteroatoms. The van der Waals surface area contributed by atoms with Crippen LogP contribution in [0.1, 0.15) is 17.8 Å². The number of hydrogen-bond acceptors (Lipinski definition) is 4. The van der Waals surface area contributed by atoms with Crippen molar-refractivity contribution in [2.24, 2.45) is 0 Å². The molecule has 3 N–H and O–H groups in total. The van der Waals surface area contributed by atoms with Gasteiger partial charge < -0.3 is 14.8 Å². The fraction of sp³-hybridized carbons (Fsp3) is 0.105. The molecule has 7 nitrogen and oxygen atoms in total. The van der Waals surface area contributed by atoms with Crippen LogP contribution < -0.4 is 5.32 Å². The van der Waals surface area contributed by atoms with Gasteiger partial charge in [0.2, 0.25) is 0 Å². The van der Waals surface area contributed by atoms with Crippen molar-refractivity contribution in [3.8, 4) is 0 Å². The first-order valence-electron chi connectivity index (χ1n) is 8.33. The smallest absolute Gasteiger partial charge is 0.261 e. The van der Waals surface area contributed by atoms with E-state index >= 15 is 0 Å². The molecule has 1 aliphatic rings. The second-order valence-electron chi connectivity index (χ2n) is 6.28. The van der Waals surface area contributed by atoms with E-state index in [1.54, 1.807) is 12.3 Å². The van der Waals surface area contributed by atoms with Gasteiger partial charge in [-0.2, -0.15) is 5.10 Å². The fourth-order valence-electron chi connectivity index (χ4n) is 3.43. The van der Waals surface area contributed by atoms with Crippen LogP contribution in [0.5, 0.6) is 0 Å². The van der Waals surface area contributed by atoms with Crippen LogP contribution in [-0.2, 0) is 11.2 Å². The number of imidazole rings is 1. The Morgan fingerprint density at radius 2 is 2.15 bits per heavy atom. The minimum Gasteiger partial charge on any atom is -0.511 e. The van der Waals surface area contributed by atoms with Crippen molar-refractivity contribution in [1.82, 2.24) is 19.6 Å². The Labute approximate surface area is 148 Å². The molecular formula is C19H15N5O2. The summed E-state index contributed by atoms with van der Waals surface area (Å²) in [7, 11) is 0. The quantitative estimate of drug-likeness (QED) is 0.520. The molecule has 5 rings (SSSR count). The third-order valence-electron chi connectivity index (χ3n) is 4.68. The van der Waals surface area contributed by atoms with Gasteiger partial charge in [0.05, 0.1) is 17.4 Å². The van der Waals surface area contributed by atoms with E-state index < -0.39 is 0 Å². The molecule has 128 valence electrons. The summed E-state index contributed by atoms with van der Waals surface area (Å²) >= 11 is 0. The van der Waals surface area contributed by atoms with E-state index in [9.17, 15) is 9.90 Å². The van der Waals surface area contributed by atoms with Crippen LogP contribution in [0.15, 0.2) is 54.6 Å². The largest absolute Gasteiger partial charge is 0.511 e. The van der Waals surface area contributed by atoms with E-state index in [0.717, 1.165) is 22.2 Å². The highest BCUT2D eigenvalue weighted by molar-refractivity contribution is 6.26. The first kappa shape index (κ1) is 14.7. The Kier molecular flexibility index (Phi) is 3.08. The number of nitrogens with zero attached hydrogens (tertiary/aromatic N) is 3. The Morgan fingerprint density at radius 3 is 3.08 bits per heavy atom. The molecule has 0 aliphatic heterocycles. The van der Waals surface area contributed by atoms with Gasteiger partial charge in [0.1, 0.15) is 22.7 Å². The molecule has 1 amide bonds. The summed E-state index contributed by atoms with van der Waals surface area (Å²) in [5.74, 6) is -0.299. The number of carbonyl (C=O) groups excluding carboxylic acids is 1. The summed E-state index contributed by atoms with van der Waals surface area (Å²) < 4.78 is 1.96. The number of amides is 1. The van der Waals surface area contributed by atoms with Crippen molar-refractivity contribution in [3.63, 3.8) is 0 Å². The van der Waals surface area contributed by atoms with Crippen molar-refractivity contribution >= 4 is 33.7 Å². The van der Waals surface area contributed by atoms with Crippen LogP contribution in [0.3, 0.4) is 0 Å². The molecule has 3 aromatic heterocycles. The molecule has 0 unspecified atom stereocenters. The summed E-state index contributed by atoms with van der Waals surface area (Å²) in [6.07, 6.45) is 4.70. The van der Waals surface area contributed by atoms with Crippen molar-refractivity contribution in [1.29, 1.82) is 0 Å². The Hall–Kier alpha value is -3.61. The van der Waals surface area contributed by atoms with Gasteiger partial charge in [0, 0.05) is 23.7 Å². The number of anilines is 1. The van der Waals surface area contributed by atoms with Gasteiger partial charge in [-0.3, -0.25) is 9.89 Å². The highest BCUT2D eigenvalue weighted by atomic mass is 16.3. The predicted octanol–water partition coefficient (Wildman–Crippen LogP) is 3.06. The fourth-order valence-corrected chi connectivity index (χ4v) is 3.43. The lowest BCUT2D eigenvalue weighted by Crippen LogP contribution is -2.19. The van der Waals surface area contributed by atoms with E-state index in [-0.39, 0.29) is 17.2 Å². The van der Waals surface area contributed by atoms with Crippen LogP contribution in [0.4, 0.5) is 5.69 Å². The lowest BCUT2D eigenvalue weighted by molar-refractivity contribution is -0.111. The number of aromatic nitrogens is 4. The predicted molar refractivity (Wildman–Crippen MR) is 97.8 cm³/mol. The first-order valence-corrected chi connectivity index (χ1v) is 8.33. The number of nitrogens with one attached hydrogen (secondary N) is 2. The maximum Gasteiger partial charge on any atom is 0.261 e. The zero-order valence-electron chi connectivity index (χ0n) is 13.7. The SMILES string of the molecule is O=C(Nc1ccc2cn[nH]c2c1)C1=C(O)CCc2c1nc1ccccn21. The number of aromatic amines is 1. The Morgan fingerprint density at radius 1 is 1.23 bits per heavy atom. The summed E-state index contributed by atoms with van der Waals surface area (Å²) in [6, 6.07) is 11.2. The van der Waals surface area contributed by atoms with Gasteiger partial charge in [0.25, 0.3) is 5.91 Å². The van der Waals surface area contributed by atoms with E-state index in [2.05, 4.69) is 20.5 Å². The highest BCUT2D eigenvalue weighted by Crippen LogP contribution is 2.31. The minimum atomic E-state index is -0.370. The first-order chi connectivity index (χ1) is 12.7. The zero-order chi connectivity index (χ0) is 17.7. The van der Waals surface area contributed by atoms with Crippen molar-refractivity contribution in [3.05, 3.63) is 65.9 Å². The summed E-state index contributed by atoms with van der Waals surface area (Å²) in [5, 5.41) is 21.1. The van der Waals surface area contributed by atoms with E-state index in [1.807, 2.05) is 40.9 Å². The number of aryl methyl sites for hydroxylation is 1. The number of fused-ring (bicyclic) bond motifs is 4. The van der Waals surface area contributed by atoms with Crippen LogP contribution >= 0.6 is 0 Å². The molecule has 0 radical (unpaired) electrons. The van der Waals surface area contributed by atoms with Crippen LogP contribution in [0.2, 0.25) is 0 Å². The van der Waals surface area contributed by atoms with E-state index in [4.69, 9.17) is 0 Å². The zero-order valence-corrected chi connectivity index (χ0v) is 13.7. The lowest BCUT2D eigenvalue weighted by Gasteiger charge is -2.16. The molecule has 1 aromatic carbocycles. The number of allylic oxidation sites excluding steroid dienone is 1. The highest BCUT2D eigenvalue weighted by Gasteiger charge is 2.28. The number of aliphatic hydroxyl groups excluding tert-OH is 1. The van der Waals surface area contributed by atoms with Gasteiger partial charge in [0.15, 0.2) is 0 Å². The molecule has 0 bridgehead atoms. The van der Waals surface area contributed by atoms with Gasteiger partial charge >= 0.3 is 0 Å². The number of pyridine rings is 1. The van der Waals surface area contributed by atoms with Crippen molar-refractivity contribution < 1.29 is 9.90 Å². The number of aliphatic hydroxyl groups is 1. The monoisotopic (exact) mass is 345 g/mol. The molecule has 26 heavy (non-hydrogen) atoms. The minimum absolute atomic E-state index is 0.0704. The second-order valence-corrected chi connectivity index (χ2v) is 6.28. The average Bonchev–Trinajstić information content (AvgIpc) is 3.24. The van der Waals surface area contributed by atoms with Gasteiger partial charge in [-0.15, -0.1) is 0 Å². The molecular weight excluding hydrogens is 330 g/mol. The lowest BCUT2D eigenvalue weighted by atomic mass is 9.97. The van der Waals surface area contributed by atoms with Gasteiger partial charge in [-0.1, -0.05) is 6.07 Å². The number of rotatable bonds is 2. The summed E-state index contributed by atoms with van der Waals surface area (Å²) in [6.45, 7) is 0. The molecule has 0 saturated carbocycles. The van der Waals surface area contributed by atoms with Crippen molar-refractivity contribution in [2.45, 2.75) is 12.8 Å². The molecule has 0 atom stereocenters. The number of carbonyl (C=O) groups is 1. The Balaban J connectivity index is 1.55. The molecule has 4 aromatic rings. The Bertz CT molecular complexity index is 1200.